The number of nitrogens with zero attached hydrogens (tertiary/aromatic N) is 1. The second-order valence-electron chi connectivity index (χ2n) is 17.2. The summed E-state index contributed by atoms with van der Waals surface area (Å²) in [7, 11) is 4.95. The fourth-order valence-electron chi connectivity index (χ4n) is 8.49. The van der Waals surface area contributed by atoms with Crippen molar-refractivity contribution in [1.29, 1.82) is 0 Å². The lowest BCUT2D eigenvalue weighted by molar-refractivity contribution is -0.890. The predicted octanol–water partition coefficient (Wildman–Crippen LogP) is 16.4. The largest absolute Gasteiger partial charge is 0.328 e. The van der Waals surface area contributed by atoms with Gasteiger partial charge < -0.3 is 4.48 Å². The van der Waals surface area contributed by atoms with Gasteiger partial charge in [0.2, 0.25) is 0 Å². The first-order chi connectivity index (χ1) is 25.1. The van der Waals surface area contributed by atoms with E-state index in [2.05, 4.69) is 88.6 Å². The zero-order valence-corrected chi connectivity index (χ0v) is 35.0. The molecule has 0 heterocycles. The molecule has 2 atom stereocenters. The Kier molecular flexibility index (Phi) is 28.5. The number of rotatable bonds is 36. The van der Waals surface area contributed by atoms with Gasteiger partial charge in [-0.3, -0.25) is 0 Å². The monoisotopic (exact) mass is 703 g/mol. The molecule has 0 bridgehead atoms. The number of hydrogen-bond donors (Lipinski definition) is 0. The van der Waals surface area contributed by atoms with E-state index in [-0.39, 0.29) is 0 Å². The van der Waals surface area contributed by atoms with E-state index in [0.717, 1.165) is 11.8 Å². The molecule has 2 unspecified atom stereocenters. The van der Waals surface area contributed by atoms with Crippen LogP contribution in [0, 0.1) is 0 Å². The van der Waals surface area contributed by atoms with Gasteiger partial charge in [-0.15, -0.1) is 0 Å². The Bertz CT molecular complexity index is 901. The Morgan fingerprint density at radius 2 is 0.588 bits per heavy atom. The Morgan fingerprint density at radius 3 is 0.882 bits per heavy atom. The summed E-state index contributed by atoms with van der Waals surface area (Å²) in [6.45, 7) is 7.35. The maximum absolute atomic E-state index is 2.47. The third-order valence-corrected chi connectivity index (χ3v) is 12.0. The molecule has 1 heteroatoms. The SMILES string of the molecule is CCCCCCCCC(CCCCCCCCC[N+](C)(C)CCCCCCCCCC(CCCCCCCC)c1ccccc1)c1ccccc1. The van der Waals surface area contributed by atoms with E-state index >= 15 is 0 Å². The second-order valence-corrected chi connectivity index (χ2v) is 17.2. The maximum atomic E-state index is 2.47. The van der Waals surface area contributed by atoms with Crippen molar-refractivity contribution in [2.45, 2.75) is 218 Å². The summed E-state index contributed by atoms with van der Waals surface area (Å²) in [4.78, 5) is 0. The topological polar surface area (TPSA) is 0 Å². The molecule has 0 aliphatic rings. The molecule has 51 heavy (non-hydrogen) atoms. The normalized spacial score (nSPS) is 13.1. The average molecular weight is 703 g/mol. The van der Waals surface area contributed by atoms with Crippen LogP contribution >= 0.6 is 0 Å². The van der Waals surface area contributed by atoms with Crippen LogP contribution < -0.4 is 0 Å². The highest BCUT2D eigenvalue weighted by molar-refractivity contribution is 5.20. The summed E-state index contributed by atoms with van der Waals surface area (Å²) in [6.07, 6.45) is 42.4. The minimum Gasteiger partial charge on any atom is -0.328 e. The first kappa shape index (κ1) is 45.6. The molecule has 0 fully saturated rings. The first-order valence-electron chi connectivity index (χ1n) is 23.0. The molecule has 0 saturated heterocycles. The van der Waals surface area contributed by atoms with Gasteiger partial charge in [-0.1, -0.05) is 216 Å². The Hall–Kier alpha value is -1.60. The van der Waals surface area contributed by atoms with Crippen LogP contribution in [0.1, 0.15) is 229 Å². The molecule has 2 aromatic rings. The molecule has 0 aromatic heterocycles. The van der Waals surface area contributed by atoms with E-state index in [9.17, 15) is 0 Å². The summed E-state index contributed by atoms with van der Waals surface area (Å²) in [5, 5.41) is 0. The number of hydrogen-bond acceptors (Lipinski definition) is 0. The van der Waals surface area contributed by atoms with E-state index in [1.807, 2.05) is 0 Å². The highest BCUT2D eigenvalue weighted by Crippen LogP contribution is 2.30. The predicted molar refractivity (Wildman–Crippen MR) is 230 cm³/mol. The summed E-state index contributed by atoms with van der Waals surface area (Å²) in [5.41, 5.74) is 3.17. The minimum atomic E-state index is 0.778. The van der Waals surface area contributed by atoms with Gasteiger partial charge >= 0.3 is 0 Å². The van der Waals surface area contributed by atoms with Gasteiger partial charge in [-0.25, -0.2) is 0 Å². The lowest BCUT2D eigenvalue weighted by atomic mass is 9.88. The molecule has 292 valence electrons. The van der Waals surface area contributed by atoms with Crippen LogP contribution in [-0.4, -0.2) is 31.7 Å². The molecule has 0 amide bonds. The first-order valence-corrected chi connectivity index (χ1v) is 23.0. The van der Waals surface area contributed by atoms with Crippen molar-refractivity contribution in [1.82, 2.24) is 0 Å². The van der Waals surface area contributed by atoms with Crippen molar-refractivity contribution in [3.8, 4) is 0 Å². The van der Waals surface area contributed by atoms with Crippen LogP contribution in [0.25, 0.3) is 0 Å². The van der Waals surface area contributed by atoms with Crippen molar-refractivity contribution in [3.63, 3.8) is 0 Å². The Morgan fingerprint density at radius 1 is 0.333 bits per heavy atom. The van der Waals surface area contributed by atoms with Crippen LogP contribution in [0.2, 0.25) is 0 Å². The van der Waals surface area contributed by atoms with Gasteiger partial charge in [0.1, 0.15) is 0 Å². The molecular formula is C50H88N+. The van der Waals surface area contributed by atoms with Gasteiger partial charge in [-0.2, -0.15) is 0 Å². The van der Waals surface area contributed by atoms with Crippen molar-refractivity contribution < 1.29 is 4.48 Å². The smallest absolute Gasteiger partial charge is 0.0782 e. The van der Waals surface area contributed by atoms with Crippen molar-refractivity contribution in [2.24, 2.45) is 0 Å². The molecule has 1 nitrogen and oxygen atoms in total. The number of quaternary nitrogens is 1. The van der Waals surface area contributed by atoms with Crippen LogP contribution in [0.5, 0.6) is 0 Å². The van der Waals surface area contributed by atoms with Gasteiger partial charge in [0.15, 0.2) is 0 Å². The maximum Gasteiger partial charge on any atom is 0.0782 e. The second kappa shape index (κ2) is 31.9. The van der Waals surface area contributed by atoms with Gasteiger partial charge in [0.25, 0.3) is 0 Å². The van der Waals surface area contributed by atoms with Crippen LogP contribution in [-0.2, 0) is 0 Å². The lowest BCUT2D eigenvalue weighted by Crippen LogP contribution is -2.41. The van der Waals surface area contributed by atoms with Gasteiger partial charge in [0, 0.05) is 0 Å². The molecule has 0 N–H and O–H groups in total. The standard InChI is InChI=1S/C50H88N/c1-5-7-9-11-19-27-37-47(49-41-31-25-32-42-49)39-29-21-15-13-17-23-35-45-51(3,4)46-36-24-18-14-16-22-30-40-48(50-43-33-26-34-44-50)38-28-20-12-10-8-6-2/h25-26,31-34,41-44,47-48H,5-24,27-30,35-40,45-46H2,1-4H3/q+1. The summed E-state index contributed by atoms with van der Waals surface area (Å²) in [6, 6.07) is 22.8. The quantitative estimate of drug-likeness (QED) is 0.0490. The van der Waals surface area contributed by atoms with Crippen LogP contribution in [0.4, 0.5) is 0 Å². The summed E-state index contributed by atoms with van der Waals surface area (Å²) in [5.74, 6) is 1.56. The molecule has 0 spiro atoms. The molecule has 0 radical (unpaired) electrons. The van der Waals surface area contributed by atoms with E-state index in [4.69, 9.17) is 0 Å². The van der Waals surface area contributed by atoms with Crippen molar-refractivity contribution in [2.75, 3.05) is 27.2 Å². The van der Waals surface area contributed by atoms with Crippen LogP contribution in [0.3, 0.4) is 0 Å². The van der Waals surface area contributed by atoms with E-state index in [1.165, 1.54) is 210 Å². The molecule has 0 saturated carbocycles. The van der Waals surface area contributed by atoms with Crippen molar-refractivity contribution in [3.05, 3.63) is 71.8 Å². The van der Waals surface area contributed by atoms with E-state index in [1.54, 1.807) is 11.1 Å². The van der Waals surface area contributed by atoms with Gasteiger partial charge in [0.05, 0.1) is 27.2 Å². The molecule has 2 rings (SSSR count). The Balaban J connectivity index is 1.45. The summed E-state index contributed by atoms with van der Waals surface area (Å²) >= 11 is 0. The number of benzene rings is 2. The molecule has 0 aliphatic carbocycles. The average Bonchev–Trinajstić information content (AvgIpc) is 3.15. The van der Waals surface area contributed by atoms with Crippen molar-refractivity contribution >= 4 is 0 Å². The molecule has 0 aliphatic heterocycles. The third kappa shape index (κ3) is 25.1. The highest BCUT2D eigenvalue weighted by atomic mass is 15.3. The fraction of sp³-hybridized carbons (Fsp3) is 0.760. The number of unbranched alkanes of at least 4 members (excludes halogenated alkanes) is 22. The minimum absolute atomic E-state index is 0.778. The molecule has 2 aromatic carbocycles. The lowest BCUT2D eigenvalue weighted by Gasteiger charge is -2.30. The summed E-state index contributed by atoms with van der Waals surface area (Å²) < 4.78 is 1.22. The highest BCUT2D eigenvalue weighted by Gasteiger charge is 2.15. The molecular weight excluding hydrogens is 615 g/mol. The van der Waals surface area contributed by atoms with Gasteiger partial charge in [-0.05, 0) is 74.3 Å². The third-order valence-electron chi connectivity index (χ3n) is 12.0. The fourth-order valence-corrected chi connectivity index (χ4v) is 8.49. The zero-order chi connectivity index (χ0) is 36.5. The van der Waals surface area contributed by atoms with E-state index in [0.29, 0.717) is 0 Å². The van der Waals surface area contributed by atoms with E-state index < -0.39 is 0 Å². The zero-order valence-electron chi connectivity index (χ0n) is 35.0. The Labute approximate surface area is 320 Å². The van der Waals surface area contributed by atoms with Crippen LogP contribution in [0.15, 0.2) is 60.7 Å².